The molecule has 2 rings (SSSR count). The molecule has 0 aromatic heterocycles. The summed E-state index contributed by atoms with van der Waals surface area (Å²) in [6.45, 7) is 1.52. The Kier molecular flexibility index (Phi) is 2.77. The monoisotopic (exact) mass is 218 g/mol. The second-order valence-corrected chi connectivity index (χ2v) is 4.19. The fraction of sp³-hybridized carbons (Fsp3) is 0.385. The lowest BCUT2D eigenvalue weighted by Gasteiger charge is -2.02. The number of carbonyl (C=O) groups excluding carboxylic acids is 2. The third kappa shape index (κ3) is 1.85. The molecule has 0 spiro atoms. The lowest BCUT2D eigenvalue weighted by molar-refractivity contribution is -0.117. The highest BCUT2D eigenvalue weighted by Gasteiger charge is 2.31. The lowest BCUT2D eigenvalue weighted by atomic mass is 9.99. The third-order valence-corrected chi connectivity index (χ3v) is 2.95. The molecule has 1 aromatic carbocycles. The van der Waals surface area contributed by atoms with Gasteiger partial charge in [-0.25, -0.2) is 0 Å². The summed E-state index contributed by atoms with van der Waals surface area (Å²) < 4.78 is 5.11. The van der Waals surface area contributed by atoms with Crippen LogP contribution >= 0.6 is 0 Å². The molecule has 0 N–H and O–H groups in total. The number of rotatable bonds is 3. The number of benzene rings is 1. The summed E-state index contributed by atoms with van der Waals surface area (Å²) in [4.78, 5) is 23.0. The lowest BCUT2D eigenvalue weighted by Crippen LogP contribution is -2.12. The maximum atomic E-state index is 11.9. The van der Waals surface area contributed by atoms with Crippen LogP contribution in [0, 0.1) is 5.92 Å². The van der Waals surface area contributed by atoms with Gasteiger partial charge in [-0.2, -0.15) is 0 Å². The van der Waals surface area contributed by atoms with E-state index in [4.69, 9.17) is 4.74 Å². The molecule has 1 atom stereocenters. The molecule has 3 heteroatoms. The fourth-order valence-corrected chi connectivity index (χ4v) is 2.20. The quantitative estimate of drug-likeness (QED) is 0.779. The maximum absolute atomic E-state index is 11.9. The highest BCUT2D eigenvalue weighted by atomic mass is 16.5. The van der Waals surface area contributed by atoms with Crippen molar-refractivity contribution in [3.63, 3.8) is 0 Å². The van der Waals surface area contributed by atoms with Crippen LogP contribution in [0.5, 0.6) is 5.75 Å². The second kappa shape index (κ2) is 4.08. The minimum atomic E-state index is -0.167. The van der Waals surface area contributed by atoms with Gasteiger partial charge in [0, 0.05) is 17.9 Å². The summed E-state index contributed by atoms with van der Waals surface area (Å²) in [7, 11) is 1.60. The zero-order valence-electron chi connectivity index (χ0n) is 9.45. The Morgan fingerprint density at radius 3 is 2.88 bits per heavy atom. The average molecular weight is 218 g/mol. The molecule has 0 saturated heterocycles. The van der Waals surface area contributed by atoms with Crippen LogP contribution in [0.3, 0.4) is 0 Å². The van der Waals surface area contributed by atoms with Crippen molar-refractivity contribution in [1.82, 2.24) is 0 Å². The Labute approximate surface area is 94.4 Å². The highest BCUT2D eigenvalue weighted by Crippen LogP contribution is 2.31. The molecule has 0 amide bonds. The molecule has 0 bridgehead atoms. The zero-order valence-corrected chi connectivity index (χ0v) is 9.45. The molecule has 0 radical (unpaired) electrons. The molecule has 0 saturated carbocycles. The number of Topliss-reactive ketones (excluding diaryl/α,β-unsaturated/α-hetero) is 2. The largest absolute Gasteiger partial charge is 0.497 e. The van der Waals surface area contributed by atoms with Crippen molar-refractivity contribution >= 4 is 11.6 Å². The van der Waals surface area contributed by atoms with Crippen LogP contribution in [-0.4, -0.2) is 18.7 Å². The summed E-state index contributed by atoms with van der Waals surface area (Å²) in [5, 5.41) is 0. The van der Waals surface area contributed by atoms with Gasteiger partial charge < -0.3 is 9.53 Å². The van der Waals surface area contributed by atoms with Gasteiger partial charge in [-0.1, -0.05) is 0 Å². The van der Waals surface area contributed by atoms with Gasteiger partial charge in [-0.05, 0) is 37.1 Å². The Balaban J connectivity index is 2.27. The van der Waals surface area contributed by atoms with E-state index in [0.717, 1.165) is 16.9 Å². The van der Waals surface area contributed by atoms with Gasteiger partial charge in [0.15, 0.2) is 5.78 Å². The summed E-state index contributed by atoms with van der Waals surface area (Å²) in [6.07, 6.45) is 1.00. The fourth-order valence-electron chi connectivity index (χ4n) is 2.20. The molecule has 0 fully saturated rings. The molecule has 84 valence electrons. The van der Waals surface area contributed by atoms with Gasteiger partial charge in [0.05, 0.1) is 7.11 Å². The van der Waals surface area contributed by atoms with Gasteiger partial charge in [0.2, 0.25) is 0 Å². The van der Waals surface area contributed by atoms with E-state index in [9.17, 15) is 9.59 Å². The van der Waals surface area contributed by atoms with Crippen molar-refractivity contribution in [2.75, 3.05) is 7.11 Å². The van der Waals surface area contributed by atoms with Crippen LogP contribution in [0.4, 0.5) is 0 Å². The van der Waals surface area contributed by atoms with E-state index < -0.39 is 0 Å². The van der Waals surface area contributed by atoms with E-state index in [1.165, 1.54) is 6.92 Å². The standard InChI is InChI=1S/C13H14O3/c1-8(14)5-10-6-9-7-11(16-2)3-4-12(9)13(10)15/h3-4,7,10H,5-6H2,1-2H3/t10-/m1/s1. The van der Waals surface area contributed by atoms with E-state index in [2.05, 4.69) is 0 Å². The molecule has 0 heterocycles. The van der Waals surface area contributed by atoms with Crippen LogP contribution in [0.15, 0.2) is 18.2 Å². The first kappa shape index (κ1) is 10.9. The van der Waals surface area contributed by atoms with Crippen molar-refractivity contribution in [1.29, 1.82) is 0 Å². The second-order valence-electron chi connectivity index (χ2n) is 4.19. The number of methoxy groups -OCH3 is 1. The number of fused-ring (bicyclic) bond motifs is 1. The molecule has 0 aliphatic heterocycles. The summed E-state index contributed by atoms with van der Waals surface area (Å²) in [5.74, 6) is 0.751. The van der Waals surface area contributed by atoms with Crippen LogP contribution in [0.2, 0.25) is 0 Å². The van der Waals surface area contributed by atoms with Crippen molar-refractivity contribution in [2.24, 2.45) is 5.92 Å². The van der Waals surface area contributed by atoms with E-state index in [-0.39, 0.29) is 17.5 Å². The number of ether oxygens (including phenoxy) is 1. The van der Waals surface area contributed by atoms with Crippen molar-refractivity contribution in [2.45, 2.75) is 19.8 Å². The number of hydrogen-bond donors (Lipinski definition) is 0. The first-order valence-corrected chi connectivity index (χ1v) is 5.32. The van der Waals surface area contributed by atoms with Gasteiger partial charge >= 0.3 is 0 Å². The molecule has 16 heavy (non-hydrogen) atoms. The topological polar surface area (TPSA) is 43.4 Å². The minimum Gasteiger partial charge on any atom is -0.497 e. The van der Waals surface area contributed by atoms with E-state index in [1.54, 1.807) is 19.2 Å². The van der Waals surface area contributed by atoms with Gasteiger partial charge in [0.1, 0.15) is 11.5 Å². The van der Waals surface area contributed by atoms with Crippen molar-refractivity contribution in [3.8, 4) is 5.75 Å². The van der Waals surface area contributed by atoms with Crippen molar-refractivity contribution < 1.29 is 14.3 Å². The van der Waals surface area contributed by atoms with E-state index >= 15 is 0 Å². The summed E-state index contributed by atoms with van der Waals surface area (Å²) in [5.41, 5.74) is 1.74. The predicted molar refractivity (Wildman–Crippen MR) is 59.8 cm³/mol. The normalized spacial score (nSPS) is 18.4. The molecule has 3 nitrogen and oxygen atoms in total. The smallest absolute Gasteiger partial charge is 0.166 e. The third-order valence-electron chi connectivity index (χ3n) is 2.95. The molecule has 0 unspecified atom stereocenters. The molecule has 1 aliphatic rings. The maximum Gasteiger partial charge on any atom is 0.166 e. The highest BCUT2D eigenvalue weighted by molar-refractivity contribution is 6.04. The van der Waals surface area contributed by atoms with E-state index in [1.807, 2.05) is 6.07 Å². The first-order valence-electron chi connectivity index (χ1n) is 5.32. The van der Waals surface area contributed by atoms with Crippen molar-refractivity contribution in [3.05, 3.63) is 29.3 Å². The number of carbonyl (C=O) groups is 2. The SMILES string of the molecule is COc1ccc2c(c1)C[C@@H](CC(C)=O)C2=O. The Bertz CT molecular complexity index is 448. The number of hydrogen-bond acceptors (Lipinski definition) is 3. The summed E-state index contributed by atoms with van der Waals surface area (Å²) in [6, 6.07) is 5.46. The molecule has 1 aliphatic carbocycles. The number of ketones is 2. The predicted octanol–water partition coefficient (Wildman–Crippen LogP) is 2.03. The Morgan fingerprint density at radius 2 is 2.25 bits per heavy atom. The molecule has 1 aromatic rings. The Hall–Kier alpha value is -1.64. The summed E-state index contributed by atoms with van der Waals surface area (Å²) >= 11 is 0. The van der Waals surface area contributed by atoms with Crippen LogP contribution in [0.1, 0.15) is 29.3 Å². The average Bonchev–Trinajstić information content (AvgIpc) is 2.54. The zero-order chi connectivity index (χ0) is 11.7. The van der Waals surface area contributed by atoms with Crippen LogP contribution in [0.25, 0.3) is 0 Å². The van der Waals surface area contributed by atoms with E-state index in [0.29, 0.717) is 12.8 Å². The first-order chi connectivity index (χ1) is 7.61. The van der Waals surface area contributed by atoms with Gasteiger partial charge in [-0.3, -0.25) is 4.79 Å². The molecular weight excluding hydrogens is 204 g/mol. The van der Waals surface area contributed by atoms with Gasteiger partial charge in [0.25, 0.3) is 0 Å². The van der Waals surface area contributed by atoms with Gasteiger partial charge in [-0.15, -0.1) is 0 Å². The van der Waals surface area contributed by atoms with Crippen LogP contribution in [-0.2, 0) is 11.2 Å². The molecular formula is C13H14O3. The van der Waals surface area contributed by atoms with Crippen LogP contribution < -0.4 is 4.74 Å². The minimum absolute atomic E-state index is 0.0677. The Morgan fingerprint density at radius 1 is 1.50 bits per heavy atom.